The highest BCUT2D eigenvalue weighted by atomic mass is 16.5. The van der Waals surface area contributed by atoms with Gasteiger partial charge in [0.05, 0.1) is 20.8 Å². The fourth-order valence-electron chi connectivity index (χ4n) is 1.88. The number of carbonyl (C=O) groups is 2. The first-order chi connectivity index (χ1) is 10.1. The molecule has 0 fully saturated rings. The summed E-state index contributed by atoms with van der Waals surface area (Å²) in [7, 11) is 3.04. The van der Waals surface area contributed by atoms with Gasteiger partial charge in [-0.05, 0) is 31.0 Å². The number of ether oxygens (including phenoxy) is 3. The molecule has 0 aliphatic rings. The first-order valence-corrected chi connectivity index (χ1v) is 6.76. The monoisotopic (exact) mass is 295 g/mol. The van der Waals surface area contributed by atoms with E-state index in [0.29, 0.717) is 23.5 Å². The van der Waals surface area contributed by atoms with Crippen molar-refractivity contribution in [3.63, 3.8) is 0 Å². The molecule has 0 unspecified atom stereocenters. The molecule has 1 amide bonds. The summed E-state index contributed by atoms with van der Waals surface area (Å²) < 4.78 is 15.2. The van der Waals surface area contributed by atoms with Crippen LogP contribution in [0.5, 0.6) is 11.5 Å². The Morgan fingerprint density at radius 3 is 2.24 bits per heavy atom. The summed E-state index contributed by atoms with van der Waals surface area (Å²) in [4.78, 5) is 23.5. The van der Waals surface area contributed by atoms with Crippen molar-refractivity contribution in [1.29, 1.82) is 0 Å². The Balaban J connectivity index is 2.94. The van der Waals surface area contributed by atoms with Crippen LogP contribution >= 0.6 is 0 Å². The second kappa shape index (κ2) is 8.14. The van der Waals surface area contributed by atoms with Crippen LogP contribution in [-0.2, 0) is 16.0 Å². The minimum atomic E-state index is -0.468. The maximum absolute atomic E-state index is 12.2. The number of rotatable bonds is 7. The molecule has 0 atom stereocenters. The molecule has 0 aromatic heterocycles. The van der Waals surface area contributed by atoms with Gasteiger partial charge in [-0.1, -0.05) is 6.92 Å². The van der Waals surface area contributed by atoms with Crippen LogP contribution in [0.3, 0.4) is 0 Å². The molecule has 0 spiro atoms. The van der Waals surface area contributed by atoms with E-state index in [9.17, 15) is 9.59 Å². The van der Waals surface area contributed by atoms with Crippen molar-refractivity contribution in [2.24, 2.45) is 0 Å². The molecule has 1 rings (SSSR count). The molecule has 0 radical (unpaired) electrons. The molecule has 6 nitrogen and oxygen atoms in total. The van der Waals surface area contributed by atoms with E-state index in [1.807, 2.05) is 6.92 Å². The van der Waals surface area contributed by atoms with Gasteiger partial charge in [0.1, 0.15) is 6.54 Å². The summed E-state index contributed by atoms with van der Waals surface area (Å²) in [6.45, 7) is 3.77. The van der Waals surface area contributed by atoms with Gasteiger partial charge in [-0.3, -0.25) is 9.59 Å². The van der Waals surface area contributed by atoms with E-state index >= 15 is 0 Å². The lowest BCUT2D eigenvalue weighted by Gasteiger charge is -2.14. The van der Waals surface area contributed by atoms with Crippen LogP contribution in [0.2, 0.25) is 0 Å². The lowest BCUT2D eigenvalue weighted by atomic mass is 10.0. The van der Waals surface area contributed by atoms with Crippen molar-refractivity contribution in [2.75, 3.05) is 27.4 Å². The molecule has 116 valence electrons. The first-order valence-electron chi connectivity index (χ1n) is 6.76. The number of aryl methyl sites for hydroxylation is 1. The maximum atomic E-state index is 12.2. The third kappa shape index (κ3) is 4.37. The summed E-state index contributed by atoms with van der Waals surface area (Å²) in [5.74, 6) is 0.220. The molecule has 0 saturated carbocycles. The van der Waals surface area contributed by atoms with E-state index in [2.05, 4.69) is 5.32 Å². The van der Waals surface area contributed by atoms with Gasteiger partial charge in [-0.2, -0.15) is 0 Å². The number of methoxy groups -OCH3 is 2. The molecule has 1 aromatic carbocycles. The highest BCUT2D eigenvalue weighted by Gasteiger charge is 2.16. The lowest BCUT2D eigenvalue weighted by Crippen LogP contribution is -2.31. The van der Waals surface area contributed by atoms with E-state index in [0.717, 1.165) is 5.56 Å². The smallest absolute Gasteiger partial charge is 0.325 e. The van der Waals surface area contributed by atoms with Crippen molar-refractivity contribution in [1.82, 2.24) is 5.32 Å². The van der Waals surface area contributed by atoms with Gasteiger partial charge in [0, 0.05) is 5.56 Å². The Hall–Kier alpha value is -2.24. The third-order valence-corrected chi connectivity index (χ3v) is 2.93. The minimum Gasteiger partial charge on any atom is -0.493 e. The number of esters is 1. The van der Waals surface area contributed by atoms with E-state index < -0.39 is 5.97 Å². The summed E-state index contributed by atoms with van der Waals surface area (Å²) in [5, 5.41) is 2.54. The summed E-state index contributed by atoms with van der Waals surface area (Å²) >= 11 is 0. The molecule has 0 saturated heterocycles. The molecule has 0 bridgehead atoms. The standard InChI is InChI=1S/C15H21NO5/c1-5-10-7-12(19-3)13(20-4)8-11(10)15(18)16-9-14(17)21-6-2/h7-8H,5-6,9H2,1-4H3,(H,16,18). The molecular weight excluding hydrogens is 274 g/mol. The van der Waals surface area contributed by atoms with Gasteiger partial charge in [0.25, 0.3) is 5.91 Å². The summed E-state index contributed by atoms with van der Waals surface area (Å²) in [5.41, 5.74) is 1.27. The molecule has 0 aliphatic heterocycles. The topological polar surface area (TPSA) is 73.9 Å². The Bertz CT molecular complexity index is 513. The summed E-state index contributed by atoms with van der Waals surface area (Å²) in [6, 6.07) is 3.37. The Kier molecular flexibility index (Phi) is 6.52. The molecule has 0 aliphatic carbocycles. The van der Waals surface area contributed by atoms with Crippen LogP contribution in [0.25, 0.3) is 0 Å². The van der Waals surface area contributed by atoms with Gasteiger partial charge in [0.2, 0.25) is 0 Å². The predicted molar refractivity (Wildman–Crippen MR) is 77.9 cm³/mol. The second-order valence-electron chi connectivity index (χ2n) is 4.21. The number of nitrogens with one attached hydrogen (secondary N) is 1. The van der Waals surface area contributed by atoms with Crippen LogP contribution in [0.4, 0.5) is 0 Å². The van der Waals surface area contributed by atoms with Crippen molar-refractivity contribution in [3.8, 4) is 11.5 Å². The number of hydrogen-bond donors (Lipinski definition) is 1. The molecular formula is C15H21NO5. The zero-order chi connectivity index (χ0) is 15.8. The first kappa shape index (κ1) is 16.8. The molecule has 6 heteroatoms. The fraction of sp³-hybridized carbons (Fsp3) is 0.467. The second-order valence-corrected chi connectivity index (χ2v) is 4.21. The van der Waals surface area contributed by atoms with E-state index in [1.54, 1.807) is 19.1 Å². The molecule has 0 heterocycles. The molecule has 21 heavy (non-hydrogen) atoms. The Morgan fingerprint density at radius 2 is 1.71 bits per heavy atom. The van der Waals surface area contributed by atoms with Gasteiger partial charge in [0.15, 0.2) is 11.5 Å². The van der Waals surface area contributed by atoms with E-state index in [1.165, 1.54) is 14.2 Å². The minimum absolute atomic E-state index is 0.163. The van der Waals surface area contributed by atoms with E-state index in [-0.39, 0.29) is 19.1 Å². The van der Waals surface area contributed by atoms with Gasteiger partial charge >= 0.3 is 5.97 Å². The van der Waals surface area contributed by atoms with Crippen molar-refractivity contribution in [2.45, 2.75) is 20.3 Å². The average Bonchev–Trinajstić information content (AvgIpc) is 2.51. The quantitative estimate of drug-likeness (QED) is 0.773. The van der Waals surface area contributed by atoms with Crippen molar-refractivity contribution >= 4 is 11.9 Å². The van der Waals surface area contributed by atoms with Crippen LogP contribution in [0.1, 0.15) is 29.8 Å². The summed E-state index contributed by atoms with van der Waals surface area (Å²) in [6.07, 6.45) is 0.655. The van der Waals surface area contributed by atoms with Gasteiger partial charge < -0.3 is 19.5 Å². The zero-order valence-electron chi connectivity index (χ0n) is 12.8. The van der Waals surface area contributed by atoms with E-state index in [4.69, 9.17) is 14.2 Å². The van der Waals surface area contributed by atoms with Crippen molar-refractivity contribution in [3.05, 3.63) is 23.3 Å². The van der Waals surface area contributed by atoms with Crippen LogP contribution in [-0.4, -0.2) is 39.2 Å². The SMILES string of the molecule is CCOC(=O)CNC(=O)c1cc(OC)c(OC)cc1CC. The van der Waals surface area contributed by atoms with Gasteiger partial charge in [-0.25, -0.2) is 0 Å². The van der Waals surface area contributed by atoms with Gasteiger partial charge in [-0.15, -0.1) is 0 Å². The number of hydrogen-bond acceptors (Lipinski definition) is 5. The number of benzene rings is 1. The molecule has 1 aromatic rings. The largest absolute Gasteiger partial charge is 0.493 e. The molecule has 1 N–H and O–H groups in total. The normalized spacial score (nSPS) is 9.90. The zero-order valence-corrected chi connectivity index (χ0v) is 12.8. The van der Waals surface area contributed by atoms with Crippen LogP contribution in [0.15, 0.2) is 12.1 Å². The lowest BCUT2D eigenvalue weighted by molar-refractivity contribution is -0.141. The Morgan fingerprint density at radius 1 is 1.10 bits per heavy atom. The predicted octanol–water partition coefficient (Wildman–Crippen LogP) is 1.56. The van der Waals surface area contributed by atoms with Crippen LogP contribution in [0, 0.1) is 0 Å². The van der Waals surface area contributed by atoms with Crippen LogP contribution < -0.4 is 14.8 Å². The fourth-order valence-corrected chi connectivity index (χ4v) is 1.88. The van der Waals surface area contributed by atoms with Crippen molar-refractivity contribution < 1.29 is 23.8 Å². The number of carbonyl (C=O) groups excluding carboxylic acids is 2. The highest BCUT2D eigenvalue weighted by molar-refractivity contribution is 5.98. The maximum Gasteiger partial charge on any atom is 0.325 e. The highest BCUT2D eigenvalue weighted by Crippen LogP contribution is 2.30. The average molecular weight is 295 g/mol. The number of amides is 1. The third-order valence-electron chi connectivity index (χ3n) is 2.93. The Labute approximate surface area is 124 Å².